The van der Waals surface area contributed by atoms with Crippen molar-refractivity contribution in [1.82, 2.24) is 4.31 Å². The molecule has 1 aliphatic heterocycles. The normalized spacial score (nSPS) is 18.0. The fourth-order valence-corrected chi connectivity index (χ4v) is 5.19. The minimum Gasteiger partial charge on any atom is -0.325 e. The third-order valence-electron chi connectivity index (χ3n) is 4.06. The molecule has 1 heterocycles. The lowest BCUT2D eigenvalue weighted by atomic mass is 10.2. The maximum atomic E-state index is 12.9. The van der Waals surface area contributed by atoms with E-state index in [2.05, 4.69) is 5.32 Å². The van der Waals surface area contributed by atoms with Crippen molar-refractivity contribution in [2.75, 3.05) is 11.9 Å². The summed E-state index contributed by atoms with van der Waals surface area (Å²) in [5.74, 6) is -0.418. The van der Waals surface area contributed by atoms with E-state index in [0.29, 0.717) is 33.6 Å². The van der Waals surface area contributed by atoms with Crippen LogP contribution in [0.15, 0.2) is 47.4 Å². The standard InChI is InChI=1S/C17H15Cl3N2O3S/c18-11-3-5-15(6-4-11)26(24,25)22-7-1-2-16(22)17(23)21-14-9-12(19)8-13(20)10-14/h3-6,8-10,16H,1-2,7H2,(H,21,23)/t16-/m0/s1. The second-order valence-corrected chi connectivity index (χ2v) is 9.07. The fraction of sp³-hybridized carbons (Fsp3) is 0.235. The second kappa shape index (κ2) is 7.74. The molecule has 0 saturated carbocycles. The van der Waals surface area contributed by atoms with Gasteiger partial charge in [-0.15, -0.1) is 0 Å². The van der Waals surface area contributed by atoms with Gasteiger partial charge in [0.2, 0.25) is 15.9 Å². The third kappa shape index (κ3) is 4.15. The molecule has 2 aromatic rings. The second-order valence-electron chi connectivity index (χ2n) is 5.88. The number of sulfonamides is 1. The number of hydrogen-bond donors (Lipinski definition) is 1. The van der Waals surface area contributed by atoms with E-state index in [1.54, 1.807) is 18.2 Å². The highest BCUT2D eigenvalue weighted by Crippen LogP contribution is 2.28. The van der Waals surface area contributed by atoms with Gasteiger partial charge in [-0.1, -0.05) is 34.8 Å². The Bertz CT molecular complexity index is 913. The number of nitrogens with one attached hydrogen (secondary N) is 1. The minimum atomic E-state index is -3.80. The van der Waals surface area contributed by atoms with E-state index in [-0.39, 0.29) is 11.4 Å². The molecule has 1 amide bonds. The van der Waals surface area contributed by atoms with Gasteiger partial charge >= 0.3 is 0 Å². The Kier molecular flexibility index (Phi) is 5.79. The predicted octanol–water partition coefficient (Wildman–Crippen LogP) is 4.44. The largest absolute Gasteiger partial charge is 0.325 e. The first-order valence-electron chi connectivity index (χ1n) is 7.82. The Hall–Kier alpha value is -1.31. The van der Waals surface area contributed by atoms with Crippen LogP contribution in [-0.2, 0) is 14.8 Å². The van der Waals surface area contributed by atoms with Crippen molar-refractivity contribution < 1.29 is 13.2 Å². The molecule has 0 spiro atoms. The first-order valence-corrected chi connectivity index (χ1v) is 10.4. The minimum absolute atomic E-state index is 0.104. The highest BCUT2D eigenvalue weighted by Gasteiger charge is 2.39. The van der Waals surface area contributed by atoms with Gasteiger partial charge in [0.1, 0.15) is 6.04 Å². The summed E-state index contributed by atoms with van der Waals surface area (Å²) >= 11 is 17.7. The zero-order valence-corrected chi connectivity index (χ0v) is 16.5. The van der Waals surface area contributed by atoms with E-state index in [1.165, 1.54) is 28.6 Å². The lowest BCUT2D eigenvalue weighted by Crippen LogP contribution is -2.43. The number of anilines is 1. The molecule has 0 unspecified atom stereocenters. The molecule has 26 heavy (non-hydrogen) atoms. The van der Waals surface area contributed by atoms with Crippen LogP contribution in [0.3, 0.4) is 0 Å². The number of carbonyl (C=O) groups excluding carboxylic acids is 1. The van der Waals surface area contributed by atoms with Gasteiger partial charge in [0.05, 0.1) is 4.90 Å². The number of benzene rings is 2. The summed E-state index contributed by atoms with van der Waals surface area (Å²) in [5.41, 5.74) is 0.420. The van der Waals surface area contributed by atoms with E-state index in [0.717, 1.165) is 0 Å². The molecule has 0 radical (unpaired) electrons. The van der Waals surface area contributed by atoms with Crippen molar-refractivity contribution in [2.45, 2.75) is 23.8 Å². The molecule has 1 aliphatic rings. The molecular weight excluding hydrogens is 419 g/mol. The van der Waals surface area contributed by atoms with Crippen LogP contribution in [0, 0.1) is 0 Å². The van der Waals surface area contributed by atoms with Crippen LogP contribution in [-0.4, -0.2) is 31.2 Å². The van der Waals surface area contributed by atoms with Crippen LogP contribution in [0.2, 0.25) is 15.1 Å². The molecule has 1 N–H and O–H groups in total. The smallest absolute Gasteiger partial charge is 0.243 e. The molecule has 5 nitrogen and oxygen atoms in total. The molecular formula is C17H15Cl3N2O3S. The predicted molar refractivity (Wildman–Crippen MR) is 103 cm³/mol. The van der Waals surface area contributed by atoms with E-state index < -0.39 is 22.0 Å². The Labute approximate surface area is 166 Å². The van der Waals surface area contributed by atoms with Crippen molar-refractivity contribution in [3.8, 4) is 0 Å². The van der Waals surface area contributed by atoms with Gasteiger partial charge in [0.25, 0.3) is 0 Å². The van der Waals surface area contributed by atoms with E-state index in [1.807, 2.05) is 0 Å². The van der Waals surface area contributed by atoms with Crippen LogP contribution in [0.4, 0.5) is 5.69 Å². The van der Waals surface area contributed by atoms with Gasteiger partial charge in [-0.25, -0.2) is 8.42 Å². The van der Waals surface area contributed by atoms with Crippen molar-refractivity contribution >= 4 is 56.4 Å². The molecule has 2 aromatic carbocycles. The average Bonchev–Trinajstić information content (AvgIpc) is 3.05. The molecule has 1 fully saturated rings. The molecule has 1 atom stereocenters. The van der Waals surface area contributed by atoms with Crippen molar-refractivity contribution in [3.05, 3.63) is 57.5 Å². The highest BCUT2D eigenvalue weighted by atomic mass is 35.5. The monoisotopic (exact) mass is 432 g/mol. The fourth-order valence-electron chi connectivity index (χ4n) is 2.88. The highest BCUT2D eigenvalue weighted by molar-refractivity contribution is 7.89. The Morgan fingerprint density at radius 2 is 1.62 bits per heavy atom. The molecule has 3 rings (SSSR count). The number of carbonyl (C=O) groups is 1. The molecule has 138 valence electrons. The van der Waals surface area contributed by atoms with Crippen LogP contribution in [0.1, 0.15) is 12.8 Å². The zero-order valence-electron chi connectivity index (χ0n) is 13.5. The number of amides is 1. The van der Waals surface area contributed by atoms with Gasteiger partial charge in [0.15, 0.2) is 0 Å². The zero-order chi connectivity index (χ0) is 18.9. The summed E-state index contributed by atoms with van der Waals surface area (Å²) in [7, 11) is -3.80. The first-order chi connectivity index (χ1) is 12.3. The van der Waals surface area contributed by atoms with Crippen molar-refractivity contribution in [2.24, 2.45) is 0 Å². The van der Waals surface area contributed by atoms with Gasteiger partial charge in [-0.05, 0) is 55.3 Å². The topological polar surface area (TPSA) is 66.5 Å². The molecule has 0 aromatic heterocycles. The summed E-state index contributed by atoms with van der Waals surface area (Å²) in [5, 5.41) is 3.89. The molecule has 1 saturated heterocycles. The van der Waals surface area contributed by atoms with Gasteiger partial charge in [-0.3, -0.25) is 4.79 Å². The van der Waals surface area contributed by atoms with Crippen LogP contribution in [0.5, 0.6) is 0 Å². The summed E-state index contributed by atoms with van der Waals surface area (Å²) in [6, 6.07) is 9.74. The molecule has 0 aliphatic carbocycles. The summed E-state index contributed by atoms with van der Waals surface area (Å²) in [6.07, 6.45) is 1.04. The Balaban J connectivity index is 1.83. The summed E-state index contributed by atoms with van der Waals surface area (Å²) < 4.78 is 27.0. The van der Waals surface area contributed by atoms with Crippen LogP contribution >= 0.6 is 34.8 Å². The first kappa shape index (κ1) is 19.5. The quantitative estimate of drug-likeness (QED) is 0.775. The summed E-state index contributed by atoms with van der Waals surface area (Å²) in [6.45, 7) is 0.277. The van der Waals surface area contributed by atoms with E-state index in [4.69, 9.17) is 34.8 Å². The maximum absolute atomic E-state index is 12.9. The SMILES string of the molecule is O=C(Nc1cc(Cl)cc(Cl)c1)[C@@H]1CCCN1S(=O)(=O)c1ccc(Cl)cc1. The number of nitrogens with zero attached hydrogens (tertiary/aromatic N) is 1. The maximum Gasteiger partial charge on any atom is 0.243 e. The molecule has 0 bridgehead atoms. The van der Waals surface area contributed by atoms with E-state index in [9.17, 15) is 13.2 Å². The average molecular weight is 434 g/mol. The van der Waals surface area contributed by atoms with Gasteiger partial charge in [0, 0.05) is 27.3 Å². The number of hydrogen-bond acceptors (Lipinski definition) is 3. The van der Waals surface area contributed by atoms with Crippen LogP contribution < -0.4 is 5.32 Å². The summed E-state index contributed by atoms with van der Waals surface area (Å²) in [4.78, 5) is 12.8. The van der Waals surface area contributed by atoms with E-state index >= 15 is 0 Å². The van der Waals surface area contributed by atoms with Gasteiger partial charge < -0.3 is 5.32 Å². The third-order valence-corrected chi connectivity index (χ3v) is 6.67. The number of rotatable bonds is 4. The Morgan fingerprint density at radius 3 is 2.23 bits per heavy atom. The van der Waals surface area contributed by atoms with Crippen molar-refractivity contribution in [1.29, 1.82) is 0 Å². The molecule has 9 heteroatoms. The lowest BCUT2D eigenvalue weighted by Gasteiger charge is -2.23. The van der Waals surface area contributed by atoms with Crippen molar-refractivity contribution in [3.63, 3.8) is 0 Å². The number of halogens is 3. The lowest BCUT2D eigenvalue weighted by molar-refractivity contribution is -0.119. The van der Waals surface area contributed by atoms with Gasteiger partial charge in [-0.2, -0.15) is 4.31 Å². The Morgan fingerprint density at radius 1 is 1.00 bits per heavy atom. The van der Waals surface area contributed by atoms with Crippen LogP contribution in [0.25, 0.3) is 0 Å².